The molecular formula is C17H19N3. The van der Waals surface area contributed by atoms with E-state index in [9.17, 15) is 0 Å². The number of allylic oxidation sites excluding steroid dienone is 4. The Morgan fingerprint density at radius 1 is 1.10 bits per heavy atom. The molecule has 20 heavy (non-hydrogen) atoms. The Bertz CT molecular complexity index is 628. The highest BCUT2D eigenvalue weighted by Crippen LogP contribution is 2.18. The molecule has 0 saturated heterocycles. The van der Waals surface area contributed by atoms with Gasteiger partial charge in [-0.15, -0.1) is 0 Å². The van der Waals surface area contributed by atoms with Crippen molar-refractivity contribution in [3.05, 3.63) is 60.2 Å². The highest BCUT2D eigenvalue weighted by molar-refractivity contribution is 5.70. The van der Waals surface area contributed by atoms with E-state index in [2.05, 4.69) is 34.0 Å². The maximum Gasteiger partial charge on any atom is 0.163 e. The largest absolute Gasteiger partial charge is 0.213 e. The Kier molecular flexibility index (Phi) is 4.77. The van der Waals surface area contributed by atoms with E-state index in [0.717, 1.165) is 35.0 Å². The molecule has 0 aliphatic carbocycles. The zero-order valence-corrected chi connectivity index (χ0v) is 12.2. The Morgan fingerprint density at radius 3 is 2.50 bits per heavy atom. The molecule has 0 fully saturated rings. The topological polar surface area (TPSA) is 38.7 Å². The first-order valence-electron chi connectivity index (χ1n) is 6.86. The Balaban J connectivity index is 2.46. The molecule has 0 atom stereocenters. The molecule has 0 N–H and O–H groups in total. The van der Waals surface area contributed by atoms with Gasteiger partial charge in [-0.05, 0) is 20.3 Å². The van der Waals surface area contributed by atoms with Crippen LogP contribution in [0.1, 0.15) is 31.9 Å². The quantitative estimate of drug-likeness (QED) is 0.777. The second-order valence-corrected chi connectivity index (χ2v) is 4.45. The van der Waals surface area contributed by atoms with Crippen molar-refractivity contribution in [2.45, 2.75) is 27.2 Å². The molecule has 0 spiro atoms. The van der Waals surface area contributed by atoms with Crippen LogP contribution < -0.4 is 0 Å². The summed E-state index contributed by atoms with van der Waals surface area (Å²) >= 11 is 0. The summed E-state index contributed by atoms with van der Waals surface area (Å²) in [4.78, 5) is 13.5. The molecule has 0 aliphatic heterocycles. The molecule has 2 rings (SSSR count). The number of aryl methyl sites for hydroxylation is 1. The van der Waals surface area contributed by atoms with Crippen LogP contribution >= 0.6 is 0 Å². The van der Waals surface area contributed by atoms with Gasteiger partial charge in [0, 0.05) is 11.1 Å². The van der Waals surface area contributed by atoms with Gasteiger partial charge in [0.15, 0.2) is 11.6 Å². The van der Waals surface area contributed by atoms with Crippen molar-refractivity contribution >= 4 is 5.57 Å². The fraction of sp³-hybridized carbons (Fsp3) is 0.235. The summed E-state index contributed by atoms with van der Waals surface area (Å²) in [6, 6.07) is 9.98. The van der Waals surface area contributed by atoms with Crippen LogP contribution in [0.3, 0.4) is 0 Å². The monoisotopic (exact) mass is 265 g/mol. The zero-order chi connectivity index (χ0) is 14.4. The lowest BCUT2D eigenvalue weighted by molar-refractivity contribution is 0.962. The summed E-state index contributed by atoms with van der Waals surface area (Å²) in [7, 11) is 0. The summed E-state index contributed by atoms with van der Waals surface area (Å²) < 4.78 is 0. The molecule has 1 aromatic carbocycles. The van der Waals surface area contributed by atoms with Gasteiger partial charge >= 0.3 is 0 Å². The van der Waals surface area contributed by atoms with Crippen LogP contribution in [0.4, 0.5) is 0 Å². The van der Waals surface area contributed by atoms with E-state index in [4.69, 9.17) is 0 Å². The molecule has 1 heterocycles. The molecular weight excluding hydrogens is 246 g/mol. The second kappa shape index (κ2) is 6.75. The van der Waals surface area contributed by atoms with Gasteiger partial charge in [-0.2, -0.15) is 0 Å². The van der Waals surface area contributed by atoms with E-state index < -0.39 is 0 Å². The lowest BCUT2D eigenvalue weighted by Gasteiger charge is -2.06. The Morgan fingerprint density at radius 2 is 1.85 bits per heavy atom. The maximum absolute atomic E-state index is 4.59. The van der Waals surface area contributed by atoms with E-state index in [1.165, 1.54) is 0 Å². The lowest BCUT2D eigenvalue weighted by Crippen LogP contribution is -2.01. The van der Waals surface area contributed by atoms with E-state index in [1.807, 2.05) is 50.3 Å². The molecule has 1 aromatic heterocycles. The summed E-state index contributed by atoms with van der Waals surface area (Å²) in [5.74, 6) is 2.18. The molecule has 2 aromatic rings. The molecule has 0 amide bonds. The van der Waals surface area contributed by atoms with Gasteiger partial charge in [-0.1, -0.05) is 55.5 Å². The molecule has 0 bridgehead atoms. The number of hydrogen-bond acceptors (Lipinski definition) is 3. The van der Waals surface area contributed by atoms with Crippen LogP contribution in [-0.2, 0) is 0 Å². The van der Waals surface area contributed by atoms with E-state index in [0.29, 0.717) is 0 Å². The van der Waals surface area contributed by atoms with Crippen LogP contribution in [0.25, 0.3) is 17.0 Å². The van der Waals surface area contributed by atoms with Crippen molar-refractivity contribution in [3.8, 4) is 11.4 Å². The summed E-state index contributed by atoms with van der Waals surface area (Å²) in [6.45, 7) is 6.00. The molecule has 3 nitrogen and oxygen atoms in total. The number of rotatable bonds is 4. The summed E-state index contributed by atoms with van der Waals surface area (Å²) in [6.07, 6.45) is 7.18. The highest BCUT2D eigenvalue weighted by atomic mass is 15.0. The van der Waals surface area contributed by atoms with Crippen molar-refractivity contribution in [1.29, 1.82) is 0 Å². The fourth-order valence-corrected chi connectivity index (χ4v) is 1.87. The Hall–Kier alpha value is -2.29. The molecule has 0 unspecified atom stereocenters. The first-order chi connectivity index (χ1) is 9.74. The van der Waals surface area contributed by atoms with Gasteiger partial charge in [0.2, 0.25) is 0 Å². The third kappa shape index (κ3) is 3.38. The van der Waals surface area contributed by atoms with Crippen LogP contribution in [-0.4, -0.2) is 15.0 Å². The van der Waals surface area contributed by atoms with Gasteiger partial charge in [0.05, 0.1) is 0 Å². The number of benzene rings is 1. The van der Waals surface area contributed by atoms with Crippen LogP contribution in [0.15, 0.2) is 48.6 Å². The molecule has 0 aliphatic rings. The second-order valence-electron chi connectivity index (χ2n) is 4.45. The van der Waals surface area contributed by atoms with Gasteiger partial charge < -0.3 is 0 Å². The number of hydrogen-bond donors (Lipinski definition) is 0. The van der Waals surface area contributed by atoms with Gasteiger partial charge in [-0.25, -0.2) is 15.0 Å². The SMILES string of the molecule is C/C=C(\C=C/CC)c1nc(C)nc(-c2ccccc2)n1. The average molecular weight is 265 g/mol. The van der Waals surface area contributed by atoms with Crippen molar-refractivity contribution in [1.82, 2.24) is 15.0 Å². The minimum absolute atomic E-state index is 0.720. The normalized spacial score (nSPS) is 12.1. The minimum Gasteiger partial charge on any atom is -0.213 e. The van der Waals surface area contributed by atoms with E-state index >= 15 is 0 Å². The minimum atomic E-state index is 0.720. The van der Waals surface area contributed by atoms with Crippen molar-refractivity contribution in [2.24, 2.45) is 0 Å². The van der Waals surface area contributed by atoms with Crippen LogP contribution in [0, 0.1) is 6.92 Å². The third-order valence-corrected chi connectivity index (χ3v) is 2.88. The van der Waals surface area contributed by atoms with Crippen LogP contribution in [0.2, 0.25) is 0 Å². The van der Waals surface area contributed by atoms with E-state index in [-0.39, 0.29) is 0 Å². The van der Waals surface area contributed by atoms with Crippen molar-refractivity contribution in [3.63, 3.8) is 0 Å². The molecule has 0 saturated carbocycles. The average Bonchev–Trinajstić information content (AvgIpc) is 2.48. The lowest BCUT2D eigenvalue weighted by atomic mass is 10.2. The van der Waals surface area contributed by atoms with Crippen molar-refractivity contribution < 1.29 is 0 Å². The highest BCUT2D eigenvalue weighted by Gasteiger charge is 2.07. The van der Waals surface area contributed by atoms with E-state index in [1.54, 1.807) is 0 Å². The first-order valence-corrected chi connectivity index (χ1v) is 6.86. The predicted molar refractivity (Wildman–Crippen MR) is 83.1 cm³/mol. The van der Waals surface area contributed by atoms with Gasteiger partial charge in [-0.3, -0.25) is 0 Å². The summed E-state index contributed by atoms with van der Waals surface area (Å²) in [5.41, 5.74) is 2.03. The van der Waals surface area contributed by atoms with Crippen molar-refractivity contribution in [2.75, 3.05) is 0 Å². The zero-order valence-electron chi connectivity index (χ0n) is 12.2. The van der Waals surface area contributed by atoms with Gasteiger partial charge in [0.1, 0.15) is 5.82 Å². The predicted octanol–water partition coefficient (Wildman–Crippen LogP) is 4.22. The Labute approximate surface area is 120 Å². The van der Waals surface area contributed by atoms with Crippen LogP contribution in [0.5, 0.6) is 0 Å². The summed E-state index contributed by atoms with van der Waals surface area (Å²) in [5, 5.41) is 0. The molecule has 3 heteroatoms. The third-order valence-electron chi connectivity index (χ3n) is 2.88. The standard InChI is InChI=1S/C17H19N3/c1-4-6-10-14(5-2)16-18-13(3)19-17(20-16)15-11-8-7-9-12-15/h5-12H,4H2,1-3H3/b10-6-,14-5+. The number of nitrogens with zero attached hydrogens (tertiary/aromatic N) is 3. The fourth-order valence-electron chi connectivity index (χ4n) is 1.87. The first kappa shape index (κ1) is 14.1. The maximum atomic E-state index is 4.59. The molecule has 0 radical (unpaired) electrons. The molecule has 102 valence electrons. The number of aromatic nitrogens is 3. The van der Waals surface area contributed by atoms with Gasteiger partial charge in [0.25, 0.3) is 0 Å². The smallest absolute Gasteiger partial charge is 0.163 e.